The fraction of sp³-hybridized carbons (Fsp3) is 0.167. The van der Waals surface area contributed by atoms with E-state index in [1.54, 1.807) is 18.2 Å². The summed E-state index contributed by atoms with van der Waals surface area (Å²) in [6.45, 7) is 3.12. The van der Waals surface area contributed by atoms with Gasteiger partial charge in [-0.1, -0.05) is 42.5 Å². The number of rotatable bonds is 6. The number of aromatic nitrogens is 3. The summed E-state index contributed by atoms with van der Waals surface area (Å²) in [6, 6.07) is 18.0. The Morgan fingerprint density at radius 3 is 2.50 bits per heavy atom. The number of nitro benzene ring substituents is 1. The van der Waals surface area contributed by atoms with Gasteiger partial charge in [0.2, 0.25) is 5.69 Å². The summed E-state index contributed by atoms with van der Waals surface area (Å²) in [5.41, 5.74) is 1.29. The van der Waals surface area contributed by atoms with Crippen LogP contribution in [0.3, 0.4) is 0 Å². The van der Waals surface area contributed by atoms with Gasteiger partial charge in [0.25, 0.3) is 5.69 Å². The molecule has 0 aliphatic heterocycles. The maximum Gasteiger partial charge on any atom is 0.296 e. The summed E-state index contributed by atoms with van der Waals surface area (Å²) < 4.78 is 0. The van der Waals surface area contributed by atoms with Crippen LogP contribution < -0.4 is 4.90 Å². The van der Waals surface area contributed by atoms with Crippen molar-refractivity contribution in [3.05, 3.63) is 76.0 Å². The van der Waals surface area contributed by atoms with Crippen molar-refractivity contribution in [1.82, 2.24) is 15.0 Å². The molecule has 0 unspecified atom stereocenters. The van der Waals surface area contributed by atoms with Crippen molar-refractivity contribution in [2.45, 2.75) is 13.5 Å². The van der Waals surface area contributed by atoms with E-state index in [0.29, 0.717) is 18.9 Å². The monoisotopic (exact) mass is 348 g/mol. The number of nitriles is 1. The summed E-state index contributed by atoms with van der Waals surface area (Å²) in [6.07, 6.45) is 0. The molecule has 8 nitrogen and oxygen atoms in total. The molecule has 0 amide bonds. The first kappa shape index (κ1) is 17.1. The first-order valence-corrected chi connectivity index (χ1v) is 8.04. The van der Waals surface area contributed by atoms with Crippen LogP contribution in [0.5, 0.6) is 0 Å². The molecule has 3 aromatic rings. The van der Waals surface area contributed by atoms with Gasteiger partial charge in [-0.05, 0) is 18.6 Å². The molecule has 0 N–H and O–H groups in total. The summed E-state index contributed by atoms with van der Waals surface area (Å²) in [7, 11) is 0. The molecule has 0 radical (unpaired) electrons. The SMILES string of the molecule is CCN(Cc1ccccc1)c1nn(-c2ccccc2[N+](=O)[O-])nc1C#N. The van der Waals surface area contributed by atoms with E-state index in [1.165, 1.54) is 6.07 Å². The molecule has 8 heteroatoms. The zero-order valence-corrected chi connectivity index (χ0v) is 14.1. The highest BCUT2D eigenvalue weighted by atomic mass is 16.6. The molecule has 0 spiro atoms. The van der Waals surface area contributed by atoms with Gasteiger partial charge >= 0.3 is 0 Å². The Kier molecular flexibility index (Phi) is 4.90. The molecule has 0 atom stereocenters. The first-order chi connectivity index (χ1) is 12.6. The highest BCUT2D eigenvalue weighted by molar-refractivity contribution is 5.54. The van der Waals surface area contributed by atoms with Gasteiger partial charge in [-0.25, -0.2) is 0 Å². The van der Waals surface area contributed by atoms with Gasteiger partial charge in [0, 0.05) is 19.2 Å². The third-order valence-corrected chi connectivity index (χ3v) is 3.89. The van der Waals surface area contributed by atoms with E-state index in [4.69, 9.17) is 0 Å². The molecule has 0 aliphatic carbocycles. The minimum Gasteiger partial charge on any atom is -0.349 e. The Morgan fingerprint density at radius 1 is 1.15 bits per heavy atom. The minimum atomic E-state index is -0.494. The van der Waals surface area contributed by atoms with Crippen LogP contribution in [0.25, 0.3) is 5.69 Å². The van der Waals surface area contributed by atoms with E-state index in [9.17, 15) is 15.4 Å². The Bertz CT molecular complexity index is 961. The van der Waals surface area contributed by atoms with Crippen LogP contribution >= 0.6 is 0 Å². The molecule has 0 saturated carbocycles. The number of nitrogens with zero attached hydrogens (tertiary/aromatic N) is 6. The van der Waals surface area contributed by atoms with Gasteiger partial charge in [0.15, 0.2) is 11.5 Å². The van der Waals surface area contributed by atoms with E-state index in [1.807, 2.05) is 48.2 Å². The van der Waals surface area contributed by atoms with Crippen LogP contribution in [0, 0.1) is 21.4 Å². The average molecular weight is 348 g/mol. The normalized spacial score (nSPS) is 10.3. The lowest BCUT2D eigenvalue weighted by Crippen LogP contribution is -2.23. The van der Waals surface area contributed by atoms with E-state index in [-0.39, 0.29) is 17.1 Å². The fourth-order valence-corrected chi connectivity index (χ4v) is 2.62. The van der Waals surface area contributed by atoms with Crippen LogP contribution in [0.2, 0.25) is 0 Å². The van der Waals surface area contributed by atoms with Crippen molar-refractivity contribution in [3.8, 4) is 11.8 Å². The lowest BCUT2D eigenvalue weighted by Gasteiger charge is -2.20. The second kappa shape index (κ2) is 7.44. The maximum absolute atomic E-state index is 11.2. The van der Waals surface area contributed by atoms with Crippen LogP contribution in [0.4, 0.5) is 11.5 Å². The third-order valence-electron chi connectivity index (χ3n) is 3.89. The fourth-order valence-electron chi connectivity index (χ4n) is 2.62. The van der Waals surface area contributed by atoms with Crippen LogP contribution in [-0.2, 0) is 6.54 Å². The number of para-hydroxylation sites is 2. The molecule has 1 heterocycles. The Morgan fingerprint density at radius 2 is 1.85 bits per heavy atom. The van der Waals surface area contributed by atoms with E-state index in [0.717, 1.165) is 10.4 Å². The molecule has 130 valence electrons. The molecule has 2 aromatic carbocycles. The smallest absolute Gasteiger partial charge is 0.296 e. The van der Waals surface area contributed by atoms with E-state index >= 15 is 0 Å². The third kappa shape index (κ3) is 3.37. The molecule has 1 aromatic heterocycles. The van der Waals surface area contributed by atoms with Gasteiger partial charge < -0.3 is 4.90 Å². The topological polar surface area (TPSA) is 101 Å². The number of hydrogen-bond donors (Lipinski definition) is 0. The molecule has 0 fully saturated rings. The van der Waals surface area contributed by atoms with Crippen molar-refractivity contribution < 1.29 is 4.92 Å². The molecule has 0 saturated heterocycles. The minimum absolute atomic E-state index is 0.121. The van der Waals surface area contributed by atoms with Gasteiger partial charge in [0.05, 0.1) is 4.92 Å². The molecule has 0 aliphatic rings. The van der Waals surface area contributed by atoms with Crippen molar-refractivity contribution in [1.29, 1.82) is 5.26 Å². The summed E-state index contributed by atoms with van der Waals surface area (Å²) >= 11 is 0. The van der Waals surface area contributed by atoms with Crippen molar-refractivity contribution in [2.24, 2.45) is 0 Å². The lowest BCUT2D eigenvalue weighted by molar-refractivity contribution is -0.384. The Hall–Kier alpha value is -3.73. The van der Waals surface area contributed by atoms with Gasteiger partial charge in [-0.3, -0.25) is 10.1 Å². The van der Waals surface area contributed by atoms with E-state index in [2.05, 4.69) is 10.2 Å². The zero-order valence-electron chi connectivity index (χ0n) is 14.1. The lowest BCUT2D eigenvalue weighted by atomic mass is 10.2. The largest absolute Gasteiger partial charge is 0.349 e. The number of nitro groups is 1. The zero-order chi connectivity index (χ0) is 18.5. The number of hydrogen-bond acceptors (Lipinski definition) is 6. The van der Waals surface area contributed by atoms with Crippen LogP contribution in [0.15, 0.2) is 54.6 Å². The van der Waals surface area contributed by atoms with Crippen molar-refractivity contribution in [3.63, 3.8) is 0 Å². The van der Waals surface area contributed by atoms with Gasteiger partial charge in [-0.15, -0.1) is 15.0 Å². The second-order valence-corrected chi connectivity index (χ2v) is 5.52. The molecular weight excluding hydrogens is 332 g/mol. The van der Waals surface area contributed by atoms with Gasteiger partial charge in [-0.2, -0.15) is 5.26 Å². The predicted molar refractivity (Wildman–Crippen MR) is 95.9 cm³/mol. The molecule has 26 heavy (non-hydrogen) atoms. The van der Waals surface area contributed by atoms with Crippen molar-refractivity contribution in [2.75, 3.05) is 11.4 Å². The molecule has 0 bridgehead atoms. The molecule has 3 rings (SSSR count). The predicted octanol–water partition coefficient (Wildman–Crippen LogP) is 3.07. The van der Waals surface area contributed by atoms with Crippen LogP contribution in [-0.4, -0.2) is 26.5 Å². The average Bonchev–Trinajstić information content (AvgIpc) is 3.11. The number of benzene rings is 2. The summed E-state index contributed by atoms with van der Waals surface area (Å²) in [4.78, 5) is 13.8. The highest BCUT2D eigenvalue weighted by Crippen LogP contribution is 2.24. The summed E-state index contributed by atoms with van der Waals surface area (Å²) in [5, 5.41) is 29.2. The van der Waals surface area contributed by atoms with Gasteiger partial charge in [0.1, 0.15) is 6.07 Å². The quantitative estimate of drug-likeness (QED) is 0.501. The van der Waals surface area contributed by atoms with E-state index < -0.39 is 4.92 Å². The standard InChI is InChI=1S/C18H16N6O2/c1-2-22(13-14-8-4-3-5-9-14)18-15(12-19)20-23(21-18)16-10-6-7-11-17(16)24(25)26/h3-11H,2,13H2,1H3. The number of anilines is 1. The summed E-state index contributed by atoms with van der Waals surface area (Å²) in [5.74, 6) is 0.400. The molecular formula is C18H16N6O2. The maximum atomic E-state index is 11.2. The Balaban J connectivity index is 2.02. The van der Waals surface area contributed by atoms with Crippen LogP contribution in [0.1, 0.15) is 18.2 Å². The second-order valence-electron chi connectivity index (χ2n) is 5.52. The van der Waals surface area contributed by atoms with Crippen molar-refractivity contribution >= 4 is 11.5 Å². The Labute approximate surface area is 150 Å². The first-order valence-electron chi connectivity index (χ1n) is 8.04. The highest BCUT2D eigenvalue weighted by Gasteiger charge is 2.22.